The Morgan fingerprint density at radius 3 is 2.19 bits per heavy atom. The number of nitrogens with two attached hydrogens (primary N) is 1. The van der Waals surface area contributed by atoms with E-state index in [2.05, 4.69) is 18.6 Å². The Kier molecular flexibility index (Phi) is 6.61. The number of ether oxygens (including phenoxy) is 1. The Hall–Kier alpha value is -1.14. The van der Waals surface area contributed by atoms with Crippen molar-refractivity contribution in [1.29, 1.82) is 0 Å². The summed E-state index contributed by atoms with van der Waals surface area (Å²) in [5, 5.41) is 0. The van der Waals surface area contributed by atoms with Gasteiger partial charge in [-0.15, -0.1) is 0 Å². The SMILES string of the molecule is CC(C)c1ccc(CC(N)COCC(F)(F)C(F)F)cc1. The van der Waals surface area contributed by atoms with E-state index in [0.29, 0.717) is 12.3 Å². The molecule has 1 unspecified atom stereocenters. The smallest absolute Gasteiger partial charge is 0.330 e. The van der Waals surface area contributed by atoms with Gasteiger partial charge in [0.25, 0.3) is 0 Å². The average molecular weight is 307 g/mol. The minimum atomic E-state index is -4.13. The van der Waals surface area contributed by atoms with Crippen molar-refractivity contribution in [2.75, 3.05) is 13.2 Å². The Bertz CT molecular complexity index is 420. The van der Waals surface area contributed by atoms with Crippen LogP contribution in [0.25, 0.3) is 0 Å². The van der Waals surface area contributed by atoms with Gasteiger partial charge in [0.2, 0.25) is 0 Å². The highest BCUT2D eigenvalue weighted by Gasteiger charge is 2.41. The molecule has 21 heavy (non-hydrogen) atoms. The van der Waals surface area contributed by atoms with Crippen LogP contribution in [-0.4, -0.2) is 31.6 Å². The van der Waals surface area contributed by atoms with E-state index in [-0.39, 0.29) is 6.61 Å². The number of hydrogen-bond acceptors (Lipinski definition) is 2. The molecule has 1 aromatic rings. The fourth-order valence-corrected chi connectivity index (χ4v) is 1.81. The van der Waals surface area contributed by atoms with E-state index in [1.54, 1.807) is 0 Å². The number of benzene rings is 1. The molecule has 0 radical (unpaired) electrons. The molecule has 0 aliphatic rings. The van der Waals surface area contributed by atoms with Gasteiger partial charge in [-0.25, -0.2) is 8.78 Å². The van der Waals surface area contributed by atoms with E-state index >= 15 is 0 Å². The lowest BCUT2D eigenvalue weighted by atomic mass is 9.99. The molecule has 0 spiro atoms. The molecule has 0 aliphatic carbocycles. The van der Waals surface area contributed by atoms with Crippen LogP contribution in [0.4, 0.5) is 17.6 Å². The summed E-state index contributed by atoms with van der Waals surface area (Å²) >= 11 is 0. The highest BCUT2D eigenvalue weighted by atomic mass is 19.3. The first kappa shape index (κ1) is 17.9. The molecule has 0 saturated carbocycles. The molecule has 1 aromatic carbocycles. The van der Waals surface area contributed by atoms with Crippen molar-refractivity contribution in [1.82, 2.24) is 0 Å². The van der Waals surface area contributed by atoms with Crippen LogP contribution in [0.15, 0.2) is 24.3 Å². The van der Waals surface area contributed by atoms with Crippen molar-refractivity contribution in [3.8, 4) is 0 Å². The number of rotatable bonds is 8. The van der Waals surface area contributed by atoms with E-state index in [9.17, 15) is 17.6 Å². The van der Waals surface area contributed by atoms with Crippen LogP contribution in [0.5, 0.6) is 0 Å². The predicted octanol–water partition coefficient (Wildman–Crippen LogP) is 3.60. The van der Waals surface area contributed by atoms with E-state index in [0.717, 1.165) is 5.56 Å². The zero-order valence-corrected chi connectivity index (χ0v) is 12.2. The zero-order valence-electron chi connectivity index (χ0n) is 12.2. The summed E-state index contributed by atoms with van der Waals surface area (Å²) in [5.41, 5.74) is 7.90. The average Bonchev–Trinajstić information content (AvgIpc) is 2.38. The monoisotopic (exact) mass is 307 g/mol. The Morgan fingerprint density at radius 1 is 1.14 bits per heavy atom. The number of hydrogen-bond donors (Lipinski definition) is 1. The summed E-state index contributed by atoms with van der Waals surface area (Å²) in [6.45, 7) is 2.66. The highest BCUT2D eigenvalue weighted by Crippen LogP contribution is 2.23. The van der Waals surface area contributed by atoms with Gasteiger partial charge in [-0.1, -0.05) is 38.1 Å². The zero-order chi connectivity index (χ0) is 16.0. The molecular weight excluding hydrogens is 286 g/mol. The first-order valence-electron chi connectivity index (χ1n) is 6.80. The van der Waals surface area contributed by atoms with Gasteiger partial charge in [0.1, 0.15) is 6.61 Å². The third-order valence-corrected chi connectivity index (χ3v) is 3.09. The number of alkyl halides is 4. The largest absolute Gasteiger partial charge is 0.373 e. The first-order valence-corrected chi connectivity index (χ1v) is 6.80. The summed E-state index contributed by atoms with van der Waals surface area (Å²) in [6.07, 6.45) is -3.28. The predicted molar refractivity (Wildman–Crippen MR) is 74.0 cm³/mol. The summed E-state index contributed by atoms with van der Waals surface area (Å²) in [7, 11) is 0. The fraction of sp³-hybridized carbons (Fsp3) is 0.600. The van der Waals surface area contributed by atoms with Gasteiger partial charge in [0, 0.05) is 6.04 Å². The Morgan fingerprint density at radius 2 is 1.71 bits per heavy atom. The van der Waals surface area contributed by atoms with Crippen molar-refractivity contribution >= 4 is 0 Å². The maximum atomic E-state index is 12.6. The first-order chi connectivity index (χ1) is 9.72. The van der Waals surface area contributed by atoms with Crippen LogP contribution in [0.2, 0.25) is 0 Å². The van der Waals surface area contributed by atoms with Gasteiger partial charge in [-0.05, 0) is 23.5 Å². The molecule has 0 bridgehead atoms. The van der Waals surface area contributed by atoms with Gasteiger partial charge < -0.3 is 10.5 Å². The van der Waals surface area contributed by atoms with Crippen molar-refractivity contribution < 1.29 is 22.3 Å². The second-order valence-electron chi connectivity index (χ2n) is 5.44. The van der Waals surface area contributed by atoms with Crippen LogP contribution in [0.3, 0.4) is 0 Å². The van der Waals surface area contributed by atoms with E-state index in [1.165, 1.54) is 5.56 Å². The molecule has 1 atom stereocenters. The van der Waals surface area contributed by atoms with Gasteiger partial charge in [-0.3, -0.25) is 0 Å². The second-order valence-corrected chi connectivity index (χ2v) is 5.44. The number of halogens is 4. The summed E-state index contributed by atoms with van der Waals surface area (Å²) in [6, 6.07) is 7.30. The topological polar surface area (TPSA) is 35.2 Å². The summed E-state index contributed by atoms with van der Waals surface area (Å²) < 4.78 is 53.7. The maximum Gasteiger partial charge on any atom is 0.330 e. The molecule has 0 aromatic heterocycles. The van der Waals surface area contributed by atoms with Crippen molar-refractivity contribution in [3.63, 3.8) is 0 Å². The van der Waals surface area contributed by atoms with E-state index < -0.39 is 25.0 Å². The van der Waals surface area contributed by atoms with Crippen LogP contribution in [0, 0.1) is 0 Å². The molecule has 6 heteroatoms. The summed E-state index contributed by atoms with van der Waals surface area (Å²) in [5.74, 6) is -3.70. The van der Waals surface area contributed by atoms with Gasteiger partial charge in [0.15, 0.2) is 0 Å². The van der Waals surface area contributed by atoms with Crippen LogP contribution >= 0.6 is 0 Å². The highest BCUT2D eigenvalue weighted by molar-refractivity contribution is 5.25. The van der Waals surface area contributed by atoms with Gasteiger partial charge in [-0.2, -0.15) is 8.78 Å². The van der Waals surface area contributed by atoms with Crippen molar-refractivity contribution in [3.05, 3.63) is 35.4 Å². The van der Waals surface area contributed by atoms with Gasteiger partial charge >= 0.3 is 12.3 Å². The standard InChI is InChI=1S/C15H21F4NO/c1-10(2)12-5-3-11(4-6-12)7-13(20)8-21-9-15(18,19)14(16)17/h3-6,10,13-14H,7-9,20H2,1-2H3. The second kappa shape index (κ2) is 7.75. The molecule has 1 rings (SSSR count). The van der Waals surface area contributed by atoms with E-state index in [1.807, 2.05) is 24.3 Å². The lowest BCUT2D eigenvalue weighted by molar-refractivity contribution is -0.166. The van der Waals surface area contributed by atoms with Crippen molar-refractivity contribution in [2.45, 2.75) is 44.6 Å². The third kappa shape index (κ3) is 6.01. The minimum Gasteiger partial charge on any atom is -0.373 e. The molecular formula is C15H21F4NO. The molecule has 2 nitrogen and oxygen atoms in total. The Balaban J connectivity index is 2.38. The van der Waals surface area contributed by atoms with E-state index in [4.69, 9.17) is 5.73 Å². The lowest BCUT2D eigenvalue weighted by Crippen LogP contribution is -2.36. The maximum absolute atomic E-state index is 12.6. The lowest BCUT2D eigenvalue weighted by Gasteiger charge is -2.17. The van der Waals surface area contributed by atoms with Crippen LogP contribution < -0.4 is 5.73 Å². The summed E-state index contributed by atoms with van der Waals surface area (Å²) in [4.78, 5) is 0. The van der Waals surface area contributed by atoms with Crippen LogP contribution in [0.1, 0.15) is 30.9 Å². The minimum absolute atomic E-state index is 0.186. The Labute approximate surface area is 122 Å². The normalized spacial score (nSPS) is 14.0. The third-order valence-electron chi connectivity index (χ3n) is 3.09. The quantitative estimate of drug-likeness (QED) is 0.745. The molecule has 0 fully saturated rings. The molecule has 2 N–H and O–H groups in total. The molecule has 0 heterocycles. The molecule has 120 valence electrons. The fourth-order valence-electron chi connectivity index (χ4n) is 1.81. The molecule has 0 saturated heterocycles. The van der Waals surface area contributed by atoms with Gasteiger partial charge in [0.05, 0.1) is 6.61 Å². The molecule has 0 amide bonds. The molecule has 0 aliphatic heterocycles. The van der Waals surface area contributed by atoms with Crippen molar-refractivity contribution in [2.24, 2.45) is 5.73 Å². The van der Waals surface area contributed by atoms with Crippen LogP contribution in [-0.2, 0) is 11.2 Å².